The summed E-state index contributed by atoms with van der Waals surface area (Å²) in [7, 11) is 0. The summed E-state index contributed by atoms with van der Waals surface area (Å²) in [5.74, 6) is 1.52. The van der Waals surface area contributed by atoms with Gasteiger partial charge < -0.3 is 9.47 Å². The number of rotatable bonds is 4. The second-order valence-electron chi connectivity index (χ2n) is 3.77. The molecule has 0 aliphatic rings. The molecule has 0 saturated carbocycles. The molecule has 82 valence electrons. The molecule has 0 atom stereocenters. The highest BCUT2D eigenvalue weighted by Gasteiger charge is 1.99. The lowest BCUT2D eigenvalue weighted by atomic mass is 10.2. The van der Waals surface area contributed by atoms with Gasteiger partial charge in [-0.3, -0.25) is 4.79 Å². The first-order valence-corrected chi connectivity index (χ1v) is 4.99. The van der Waals surface area contributed by atoms with Gasteiger partial charge in [-0.05, 0) is 30.2 Å². The minimum atomic E-state index is -0.314. The predicted molar refractivity (Wildman–Crippen MR) is 58.1 cm³/mol. The molecule has 1 aromatic rings. The van der Waals surface area contributed by atoms with Crippen molar-refractivity contribution in [3.05, 3.63) is 24.3 Å². The number of carbonyl (C=O) groups excluding carboxylic acids is 1. The Morgan fingerprint density at radius 1 is 1.20 bits per heavy atom. The normalized spacial score (nSPS) is 10.1. The maximum Gasteiger partial charge on any atom is 0.308 e. The van der Waals surface area contributed by atoms with Gasteiger partial charge in [-0.2, -0.15) is 0 Å². The molecule has 0 saturated heterocycles. The van der Waals surface area contributed by atoms with Gasteiger partial charge in [0.05, 0.1) is 6.61 Å². The van der Waals surface area contributed by atoms with Crippen LogP contribution in [0.2, 0.25) is 0 Å². The molecule has 15 heavy (non-hydrogen) atoms. The van der Waals surface area contributed by atoms with Crippen LogP contribution in [0.25, 0.3) is 0 Å². The number of carbonyl (C=O) groups is 1. The van der Waals surface area contributed by atoms with E-state index in [1.807, 2.05) is 0 Å². The van der Waals surface area contributed by atoms with Gasteiger partial charge in [0.1, 0.15) is 11.5 Å². The lowest BCUT2D eigenvalue weighted by molar-refractivity contribution is -0.131. The summed E-state index contributed by atoms with van der Waals surface area (Å²) < 4.78 is 10.4. The monoisotopic (exact) mass is 208 g/mol. The van der Waals surface area contributed by atoms with E-state index in [1.54, 1.807) is 24.3 Å². The molecule has 1 rings (SSSR count). The number of hydrogen-bond donors (Lipinski definition) is 0. The largest absolute Gasteiger partial charge is 0.493 e. The summed E-state index contributed by atoms with van der Waals surface area (Å²) in [5, 5.41) is 0. The molecule has 0 aliphatic carbocycles. The van der Waals surface area contributed by atoms with Crippen LogP contribution in [0, 0.1) is 5.92 Å². The van der Waals surface area contributed by atoms with Gasteiger partial charge in [0.2, 0.25) is 0 Å². The number of esters is 1. The summed E-state index contributed by atoms with van der Waals surface area (Å²) in [5.41, 5.74) is 0. The summed E-state index contributed by atoms with van der Waals surface area (Å²) >= 11 is 0. The Balaban J connectivity index is 2.52. The molecule has 0 spiro atoms. The first-order valence-electron chi connectivity index (χ1n) is 4.99. The van der Waals surface area contributed by atoms with Gasteiger partial charge >= 0.3 is 5.97 Å². The lowest BCUT2D eigenvalue weighted by Crippen LogP contribution is -2.04. The van der Waals surface area contributed by atoms with Crippen molar-refractivity contribution in [1.29, 1.82) is 0 Å². The van der Waals surface area contributed by atoms with Crippen molar-refractivity contribution in [3.8, 4) is 11.5 Å². The van der Waals surface area contributed by atoms with Crippen molar-refractivity contribution >= 4 is 5.97 Å². The van der Waals surface area contributed by atoms with Crippen molar-refractivity contribution in [2.24, 2.45) is 5.92 Å². The van der Waals surface area contributed by atoms with E-state index in [2.05, 4.69) is 13.8 Å². The zero-order chi connectivity index (χ0) is 11.3. The maximum absolute atomic E-state index is 10.7. The Bertz CT molecular complexity index is 314. The molecular formula is C12H16O3. The molecule has 0 amide bonds. The summed E-state index contributed by atoms with van der Waals surface area (Å²) in [6.07, 6.45) is 0. The van der Waals surface area contributed by atoms with E-state index in [0.717, 1.165) is 5.75 Å². The van der Waals surface area contributed by atoms with E-state index >= 15 is 0 Å². The molecule has 0 aliphatic heterocycles. The molecule has 0 unspecified atom stereocenters. The fraction of sp³-hybridized carbons (Fsp3) is 0.417. The van der Waals surface area contributed by atoms with Crippen LogP contribution < -0.4 is 9.47 Å². The topological polar surface area (TPSA) is 35.5 Å². The third-order valence-corrected chi connectivity index (χ3v) is 1.67. The highest BCUT2D eigenvalue weighted by atomic mass is 16.5. The summed E-state index contributed by atoms with van der Waals surface area (Å²) in [4.78, 5) is 10.7. The third kappa shape index (κ3) is 4.49. The first-order chi connectivity index (χ1) is 7.08. The Morgan fingerprint density at radius 3 is 2.20 bits per heavy atom. The molecule has 0 bridgehead atoms. The van der Waals surface area contributed by atoms with E-state index in [0.29, 0.717) is 18.3 Å². The zero-order valence-corrected chi connectivity index (χ0v) is 9.32. The van der Waals surface area contributed by atoms with Crippen LogP contribution in [0.4, 0.5) is 0 Å². The number of benzene rings is 1. The van der Waals surface area contributed by atoms with E-state index in [-0.39, 0.29) is 5.97 Å². The quantitative estimate of drug-likeness (QED) is 0.563. The van der Waals surface area contributed by atoms with Gasteiger partial charge in [0, 0.05) is 6.92 Å². The van der Waals surface area contributed by atoms with Gasteiger partial charge in [-0.1, -0.05) is 13.8 Å². The van der Waals surface area contributed by atoms with Gasteiger partial charge in [-0.15, -0.1) is 0 Å². The first kappa shape index (κ1) is 11.6. The molecule has 0 fully saturated rings. The second-order valence-corrected chi connectivity index (χ2v) is 3.77. The van der Waals surface area contributed by atoms with Crippen molar-refractivity contribution in [2.45, 2.75) is 20.8 Å². The number of ether oxygens (including phenoxy) is 2. The molecule has 3 heteroatoms. The van der Waals surface area contributed by atoms with Gasteiger partial charge in [-0.25, -0.2) is 0 Å². The summed E-state index contributed by atoms with van der Waals surface area (Å²) in [6.45, 7) is 6.25. The minimum Gasteiger partial charge on any atom is -0.493 e. The molecule has 0 heterocycles. The van der Waals surface area contributed by atoms with Crippen molar-refractivity contribution < 1.29 is 14.3 Å². The fourth-order valence-corrected chi connectivity index (χ4v) is 1.03. The zero-order valence-electron chi connectivity index (χ0n) is 9.32. The van der Waals surface area contributed by atoms with Crippen LogP contribution in [-0.2, 0) is 4.79 Å². The van der Waals surface area contributed by atoms with E-state index in [9.17, 15) is 4.79 Å². The Labute approximate surface area is 90.0 Å². The SMILES string of the molecule is CC(=O)Oc1ccc(OCC(C)C)cc1. The molecule has 0 radical (unpaired) electrons. The molecule has 0 aromatic heterocycles. The minimum absolute atomic E-state index is 0.314. The maximum atomic E-state index is 10.7. The predicted octanol–water partition coefficient (Wildman–Crippen LogP) is 2.65. The van der Waals surface area contributed by atoms with E-state index in [1.165, 1.54) is 6.92 Å². The van der Waals surface area contributed by atoms with E-state index < -0.39 is 0 Å². The standard InChI is InChI=1S/C12H16O3/c1-9(2)8-14-11-4-6-12(7-5-11)15-10(3)13/h4-7,9H,8H2,1-3H3. The van der Waals surface area contributed by atoms with Crippen molar-refractivity contribution in [3.63, 3.8) is 0 Å². The average molecular weight is 208 g/mol. The van der Waals surface area contributed by atoms with Crippen molar-refractivity contribution in [2.75, 3.05) is 6.61 Å². The highest BCUT2D eigenvalue weighted by Crippen LogP contribution is 2.18. The van der Waals surface area contributed by atoms with Crippen molar-refractivity contribution in [1.82, 2.24) is 0 Å². The Kier molecular flexibility index (Phi) is 4.16. The number of hydrogen-bond acceptors (Lipinski definition) is 3. The summed E-state index contributed by atoms with van der Waals surface area (Å²) in [6, 6.07) is 7.02. The highest BCUT2D eigenvalue weighted by molar-refractivity contribution is 5.69. The van der Waals surface area contributed by atoms with Crippen LogP contribution >= 0.6 is 0 Å². The van der Waals surface area contributed by atoms with Gasteiger partial charge in [0.15, 0.2) is 0 Å². The smallest absolute Gasteiger partial charge is 0.308 e. The molecule has 0 N–H and O–H groups in total. The third-order valence-electron chi connectivity index (χ3n) is 1.67. The van der Waals surface area contributed by atoms with E-state index in [4.69, 9.17) is 9.47 Å². The average Bonchev–Trinajstić information content (AvgIpc) is 2.16. The van der Waals surface area contributed by atoms with Gasteiger partial charge in [0.25, 0.3) is 0 Å². The lowest BCUT2D eigenvalue weighted by Gasteiger charge is -2.08. The Morgan fingerprint density at radius 2 is 1.73 bits per heavy atom. The molecule has 3 nitrogen and oxygen atoms in total. The van der Waals surface area contributed by atoms with Crippen LogP contribution in [0.1, 0.15) is 20.8 Å². The molecular weight excluding hydrogens is 192 g/mol. The molecule has 1 aromatic carbocycles. The fourth-order valence-electron chi connectivity index (χ4n) is 1.03. The second kappa shape index (κ2) is 5.39. The van der Waals surface area contributed by atoms with Crippen LogP contribution in [0.15, 0.2) is 24.3 Å². The van der Waals surface area contributed by atoms with Crippen LogP contribution in [-0.4, -0.2) is 12.6 Å². The van der Waals surface area contributed by atoms with Crippen LogP contribution in [0.3, 0.4) is 0 Å². The van der Waals surface area contributed by atoms with Crippen LogP contribution in [0.5, 0.6) is 11.5 Å². The Hall–Kier alpha value is -1.51.